The smallest absolute Gasteiger partial charge is 0.337 e. The third-order valence-electron chi connectivity index (χ3n) is 7.48. The van der Waals surface area contributed by atoms with Crippen LogP contribution in [-0.4, -0.2) is 53.5 Å². The number of benzene rings is 1. The molecule has 8 heteroatoms. The standard InChI is InChI=1S/C33H43N3O5/c1-22-28(30(31(37)38)41-32(2,3)4)29(36-16-14-33(5,6)15-17-36)26(21-34-22)27-12-11-25(20-35-27)40-18-13-23-9-8-10-24(19-23)39-7/h8-12,19-21,30H,13-18H2,1-7H3,(H,37,38). The minimum absolute atomic E-state index is 0.231. The number of ether oxygens (including phenoxy) is 3. The summed E-state index contributed by atoms with van der Waals surface area (Å²) in [6.45, 7) is 14.1. The summed E-state index contributed by atoms with van der Waals surface area (Å²) in [5.74, 6) is 0.455. The van der Waals surface area contributed by atoms with E-state index in [1.54, 1.807) is 19.5 Å². The van der Waals surface area contributed by atoms with Crippen LogP contribution in [0.3, 0.4) is 0 Å². The Kier molecular flexibility index (Phi) is 9.22. The molecule has 2 aromatic heterocycles. The zero-order valence-electron chi connectivity index (χ0n) is 25.4. The lowest BCUT2D eigenvalue weighted by Crippen LogP contribution is -2.39. The van der Waals surface area contributed by atoms with Crippen molar-refractivity contribution in [3.8, 4) is 22.8 Å². The summed E-state index contributed by atoms with van der Waals surface area (Å²) in [6, 6.07) is 11.8. The van der Waals surface area contributed by atoms with Gasteiger partial charge >= 0.3 is 5.97 Å². The zero-order valence-corrected chi connectivity index (χ0v) is 25.4. The molecule has 4 rings (SSSR count). The number of aliphatic carboxylic acids is 1. The molecule has 8 nitrogen and oxygen atoms in total. The number of pyridine rings is 2. The molecular formula is C33H43N3O5. The van der Waals surface area contributed by atoms with Crippen molar-refractivity contribution in [2.45, 2.75) is 72.5 Å². The van der Waals surface area contributed by atoms with E-state index in [1.807, 2.05) is 64.1 Å². The van der Waals surface area contributed by atoms with Crippen molar-refractivity contribution in [1.82, 2.24) is 9.97 Å². The predicted molar refractivity (Wildman–Crippen MR) is 161 cm³/mol. The molecule has 0 saturated carbocycles. The molecule has 1 unspecified atom stereocenters. The van der Waals surface area contributed by atoms with Gasteiger partial charge in [0.05, 0.1) is 36.9 Å². The van der Waals surface area contributed by atoms with Crippen LogP contribution in [0.2, 0.25) is 0 Å². The Bertz CT molecular complexity index is 1340. The minimum Gasteiger partial charge on any atom is -0.497 e. The van der Waals surface area contributed by atoms with Gasteiger partial charge in [-0.1, -0.05) is 26.0 Å². The molecule has 41 heavy (non-hydrogen) atoms. The number of aryl methyl sites for hydroxylation is 1. The molecule has 0 aliphatic carbocycles. The van der Waals surface area contributed by atoms with E-state index in [-0.39, 0.29) is 5.41 Å². The van der Waals surface area contributed by atoms with Gasteiger partial charge in [0.2, 0.25) is 0 Å². The Balaban J connectivity index is 1.65. The van der Waals surface area contributed by atoms with Crippen molar-refractivity contribution in [3.63, 3.8) is 0 Å². The van der Waals surface area contributed by atoms with Crippen molar-refractivity contribution >= 4 is 11.7 Å². The molecule has 1 atom stereocenters. The maximum atomic E-state index is 12.6. The van der Waals surface area contributed by atoms with Gasteiger partial charge in [0, 0.05) is 42.5 Å². The van der Waals surface area contributed by atoms with Crippen LogP contribution in [0.15, 0.2) is 48.8 Å². The molecule has 0 radical (unpaired) electrons. The topological polar surface area (TPSA) is 94.0 Å². The number of anilines is 1. The molecule has 1 fully saturated rings. The highest BCUT2D eigenvalue weighted by Gasteiger charge is 2.36. The Morgan fingerprint density at radius 1 is 1.07 bits per heavy atom. The first-order valence-electron chi connectivity index (χ1n) is 14.2. The maximum Gasteiger partial charge on any atom is 0.337 e. The lowest BCUT2D eigenvalue weighted by Gasteiger charge is -2.40. The summed E-state index contributed by atoms with van der Waals surface area (Å²) in [4.78, 5) is 24.2. The highest BCUT2D eigenvalue weighted by Crippen LogP contribution is 2.43. The molecule has 0 amide bonds. The molecule has 1 aromatic carbocycles. The van der Waals surface area contributed by atoms with Crippen LogP contribution >= 0.6 is 0 Å². The first-order chi connectivity index (χ1) is 19.4. The summed E-state index contributed by atoms with van der Waals surface area (Å²) in [6.07, 6.45) is 5.09. The summed E-state index contributed by atoms with van der Waals surface area (Å²) in [5, 5.41) is 10.3. The Labute approximate surface area is 243 Å². The molecule has 1 saturated heterocycles. The van der Waals surface area contributed by atoms with E-state index >= 15 is 0 Å². The molecule has 3 aromatic rings. The van der Waals surface area contributed by atoms with Crippen molar-refractivity contribution in [2.75, 3.05) is 31.7 Å². The molecule has 220 valence electrons. The highest BCUT2D eigenvalue weighted by atomic mass is 16.5. The van der Waals surface area contributed by atoms with Crippen molar-refractivity contribution in [3.05, 3.63) is 65.6 Å². The summed E-state index contributed by atoms with van der Waals surface area (Å²) in [5.41, 5.74) is 4.27. The van der Waals surface area contributed by atoms with Gasteiger partial charge in [-0.2, -0.15) is 0 Å². The fourth-order valence-electron chi connectivity index (χ4n) is 5.11. The second-order valence-corrected chi connectivity index (χ2v) is 12.4. The normalized spacial score (nSPS) is 15.8. The van der Waals surface area contributed by atoms with E-state index in [9.17, 15) is 9.90 Å². The average Bonchev–Trinajstić information content (AvgIpc) is 2.92. The molecule has 3 heterocycles. The highest BCUT2D eigenvalue weighted by molar-refractivity contribution is 5.85. The number of nitrogens with zero attached hydrogens (tertiary/aromatic N) is 3. The monoisotopic (exact) mass is 561 g/mol. The van der Waals surface area contributed by atoms with E-state index < -0.39 is 17.7 Å². The van der Waals surface area contributed by atoms with Gasteiger partial charge in [0.25, 0.3) is 0 Å². The number of carboxylic acid groups (broad SMARTS) is 1. The van der Waals surface area contributed by atoms with Gasteiger partial charge in [0.15, 0.2) is 6.10 Å². The fraction of sp³-hybridized carbons (Fsp3) is 0.485. The van der Waals surface area contributed by atoms with E-state index in [1.165, 1.54) is 0 Å². The van der Waals surface area contributed by atoms with E-state index in [0.29, 0.717) is 29.3 Å². The van der Waals surface area contributed by atoms with Gasteiger partial charge in [-0.05, 0) is 75.8 Å². The SMILES string of the molecule is COc1cccc(CCOc2ccc(-c3cnc(C)c(C(OC(C)(C)C)C(=O)O)c3N3CCC(C)(C)CC3)nc2)c1. The fourth-order valence-corrected chi connectivity index (χ4v) is 5.11. The third kappa shape index (κ3) is 7.76. The first-order valence-corrected chi connectivity index (χ1v) is 14.2. The Hall–Kier alpha value is -3.65. The van der Waals surface area contributed by atoms with Gasteiger partial charge in [-0.3, -0.25) is 9.97 Å². The minimum atomic E-state index is -1.16. The van der Waals surface area contributed by atoms with E-state index in [2.05, 4.69) is 23.7 Å². The van der Waals surface area contributed by atoms with Crippen LogP contribution in [0.25, 0.3) is 11.3 Å². The third-order valence-corrected chi connectivity index (χ3v) is 7.48. The Morgan fingerprint density at radius 3 is 2.41 bits per heavy atom. The largest absolute Gasteiger partial charge is 0.497 e. The number of methoxy groups -OCH3 is 1. The lowest BCUT2D eigenvalue weighted by atomic mass is 9.82. The van der Waals surface area contributed by atoms with Crippen molar-refractivity contribution in [2.24, 2.45) is 5.41 Å². The predicted octanol–water partition coefficient (Wildman–Crippen LogP) is 6.65. The summed E-state index contributed by atoms with van der Waals surface area (Å²) in [7, 11) is 1.66. The lowest BCUT2D eigenvalue weighted by molar-refractivity contribution is -0.160. The average molecular weight is 562 g/mol. The second kappa shape index (κ2) is 12.5. The van der Waals surface area contributed by atoms with Crippen LogP contribution in [-0.2, 0) is 16.0 Å². The number of hydrogen-bond donors (Lipinski definition) is 1. The number of piperidine rings is 1. The first kappa shape index (κ1) is 30.3. The quantitative estimate of drug-likeness (QED) is 0.294. The molecular weight excluding hydrogens is 518 g/mol. The van der Waals surface area contributed by atoms with Gasteiger partial charge in [0.1, 0.15) is 11.5 Å². The molecule has 1 N–H and O–H groups in total. The molecule has 0 spiro atoms. The van der Waals surface area contributed by atoms with Gasteiger partial charge in [-0.15, -0.1) is 0 Å². The number of carbonyl (C=O) groups is 1. The summed E-state index contributed by atoms with van der Waals surface area (Å²) >= 11 is 0. The van der Waals surface area contributed by atoms with Gasteiger partial charge < -0.3 is 24.2 Å². The number of rotatable bonds is 10. The van der Waals surface area contributed by atoms with Crippen LogP contribution in [0.5, 0.6) is 11.5 Å². The number of aromatic nitrogens is 2. The molecule has 1 aliphatic heterocycles. The van der Waals surface area contributed by atoms with E-state index in [4.69, 9.17) is 19.2 Å². The molecule has 1 aliphatic rings. The summed E-state index contributed by atoms with van der Waals surface area (Å²) < 4.78 is 17.4. The van der Waals surface area contributed by atoms with Crippen LogP contribution in [0, 0.1) is 12.3 Å². The van der Waals surface area contributed by atoms with Crippen molar-refractivity contribution in [1.29, 1.82) is 0 Å². The van der Waals surface area contributed by atoms with Gasteiger partial charge in [-0.25, -0.2) is 4.79 Å². The molecule has 0 bridgehead atoms. The van der Waals surface area contributed by atoms with E-state index in [0.717, 1.165) is 54.9 Å². The van der Waals surface area contributed by atoms with Crippen LogP contribution < -0.4 is 14.4 Å². The van der Waals surface area contributed by atoms with Crippen LogP contribution in [0.1, 0.15) is 70.4 Å². The van der Waals surface area contributed by atoms with Crippen LogP contribution in [0.4, 0.5) is 5.69 Å². The van der Waals surface area contributed by atoms with Crippen molar-refractivity contribution < 1.29 is 24.1 Å². The number of carboxylic acids is 1. The zero-order chi connectivity index (χ0) is 29.8. The number of hydrogen-bond acceptors (Lipinski definition) is 7. The second-order valence-electron chi connectivity index (χ2n) is 12.4. The Morgan fingerprint density at radius 2 is 1.80 bits per heavy atom. The maximum absolute atomic E-state index is 12.6.